The maximum Gasteiger partial charge on any atom is 0.355 e. The summed E-state index contributed by atoms with van der Waals surface area (Å²) in [5.41, 5.74) is 9.39. The molecule has 10 heteroatoms. The third-order valence-electron chi connectivity index (χ3n) is 6.44. The number of hydrogen-bond donors (Lipinski definition) is 1. The molecular weight excluding hydrogens is 486 g/mol. The predicted molar refractivity (Wildman–Crippen MR) is 138 cm³/mol. The van der Waals surface area contributed by atoms with E-state index in [0.717, 1.165) is 11.3 Å². The number of nitriles is 1. The molecule has 0 saturated heterocycles. The van der Waals surface area contributed by atoms with Gasteiger partial charge in [-0.2, -0.15) is 10.4 Å². The van der Waals surface area contributed by atoms with E-state index in [2.05, 4.69) is 11.2 Å². The summed E-state index contributed by atoms with van der Waals surface area (Å²) in [4.78, 5) is 27.6. The van der Waals surface area contributed by atoms with Crippen LogP contribution in [-0.2, 0) is 32.7 Å². The number of benzene rings is 2. The van der Waals surface area contributed by atoms with Crippen molar-refractivity contribution < 1.29 is 23.8 Å². The van der Waals surface area contributed by atoms with E-state index < -0.39 is 17.9 Å². The molecule has 38 heavy (non-hydrogen) atoms. The van der Waals surface area contributed by atoms with Gasteiger partial charge in [0.1, 0.15) is 23.9 Å². The normalized spacial score (nSPS) is 15.2. The molecule has 0 spiro atoms. The van der Waals surface area contributed by atoms with E-state index in [4.69, 9.17) is 19.9 Å². The summed E-state index contributed by atoms with van der Waals surface area (Å²) >= 11 is 0. The molecular formula is C28H27N5O5. The number of aryl methyl sites for hydroxylation is 1. The lowest BCUT2D eigenvalue weighted by Crippen LogP contribution is -2.40. The minimum atomic E-state index is -0.927. The molecule has 0 aliphatic carbocycles. The fourth-order valence-corrected chi connectivity index (χ4v) is 4.32. The van der Waals surface area contributed by atoms with Crippen LogP contribution < -0.4 is 15.4 Å². The third kappa shape index (κ3) is 4.69. The number of methoxy groups -OCH3 is 2. The van der Waals surface area contributed by atoms with Gasteiger partial charge in [0.2, 0.25) is 0 Å². The SMILES string of the molecule is COC(=O)C1=C(C(=O)OC)N(c2ccc(OCc3cnn(C)c3C)cc2)C(N)=C(C#N)C1c1ccccc1. The molecule has 1 atom stereocenters. The van der Waals surface area contributed by atoms with Gasteiger partial charge in [-0.1, -0.05) is 30.3 Å². The number of anilines is 1. The van der Waals surface area contributed by atoms with Crippen molar-refractivity contribution in [1.29, 1.82) is 5.26 Å². The summed E-state index contributed by atoms with van der Waals surface area (Å²) in [7, 11) is 4.27. The van der Waals surface area contributed by atoms with Crippen molar-refractivity contribution in [3.8, 4) is 11.8 Å². The van der Waals surface area contributed by atoms with Gasteiger partial charge in [0.25, 0.3) is 0 Å². The number of carbonyl (C=O) groups is 2. The molecule has 10 nitrogen and oxygen atoms in total. The van der Waals surface area contributed by atoms with Gasteiger partial charge in [0.05, 0.1) is 43.5 Å². The molecule has 194 valence electrons. The molecule has 1 unspecified atom stereocenters. The summed E-state index contributed by atoms with van der Waals surface area (Å²) in [5, 5.41) is 14.3. The largest absolute Gasteiger partial charge is 0.489 e. The van der Waals surface area contributed by atoms with Crippen LogP contribution in [0, 0.1) is 18.3 Å². The highest BCUT2D eigenvalue weighted by molar-refractivity contribution is 6.06. The monoisotopic (exact) mass is 513 g/mol. The smallest absolute Gasteiger partial charge is 0.355 e. The Kier molecular flexibility index (Phi) is 7.48. The molecule has 0 bridgehead atoms. The Balaban J connectivity index is 1.80. The molecule has 0 fully saturated rings. The van der Waals surface area contributed by atoms with Crippen molar-refractivity contribution in [2.24, 2.45) is 12.8 Å². The van der Waals surface area contributed by atoms with Crippen molar-refractivity contribution in [2.75, 3.05) is 19.1 Å². The zero-order valence-corrected chi connectivity index (χ0v) is 21.5. The molecule has 2 N–H and O–H groups in total. The number of carbonyl (C=O) groups excluding carboxylic acids is 2. The number of ether oxygens (including phenoxy) is 3. The first-order valence-corrected chi connectivity index (χ1v) is 11.7. The van der Waals surface area contributed by atoms with Crippen LogP contribution in [0.5, 0.6) is 5.75 Å². The highest BCUT2D eigenvalue weighted by Crippen LogP contribution is 2.43. The maximum absolute atomic E-state index is 13.1. The van der Waals surface area contributed by atoms with Crippen LogP contribution in [0.3, 0.4) is 0 Å². The van der Waals surface area contributed by atoms with Gasteiger partial charge in [0.15, 0.2) is 0 Å². The Bertz CT molecular complexity index is 1470. The van der Waals surface area contributed by atoms with Crippen LogP contribution >= 0.6 is 0 Å². The molecule has 0 radical (unpaired) electrons. The second-order valence-electron chi connectivity index (χ2n) is 8.50. The second-order valence-corrected chi connectivity index (χ2v) is 8.50. The molecule has 4 rings (SSSR count). The zero-order chi connectivity index (χ0) is 27.4. The van der Waals surface area contributed by atoms with Crippen LogP contribution in [0.25, 0.3) is 0 Å². The summed E-state index contributed by atoms with van der Waals surface area (Å²) in [5.74, 6) is -1.95. The number of nitrogens with two attached hydrogens (primary N) is 1. The van der Waals surface area contributed by atoms with Crippen LogP contribution in [-0.4, -0.2) is 35.9 Å². The van der Waals surface area contributed by atoms with E-state index in [1.165, 1.54) is 19.1 Å². The van der Waals surface area contributed by atoms with Crippen molar-refractivity contribution in [3.05, 3.63) is 100 Å². The van der Waals surface area contributed by atoms with Gasteiger partial charge in [-0.25, -0.2) is 9.59 Å². The lowest BCUT2D eigenvalue weighted by molar-refractivity contribution is -0.139. The Morgan fingerprint density at radius 3 is 2.26 bits per heavy atom. The fourth-order valence-electron chi connectivity index (χ4n) is 4.32. The molecule has 0 amide bonds. The van der Waals surface area contributed by atoms with Crippen molar-refractivity contribution in [3.63, 3.8) is 0 Å². The van der Waals surface area contributed by atoms with Crippen LogP contribution in [0.15, 0.2) is 83.5 Å². The maximum atomic E-state index is 13.1. The molecule has 1 aliphatic rings. The van der Waals surface area contributed by atoms with E-state index in [1.807, 2.05) is 14.0 Å². The number of nitrogens with zero attached hydrogens (tertiary/aromatic N) is 4. The van der Waals surface area contributed by atoms with Gasteiger partial charge in [-0.15, -0.1) is 0 Å². The Labute approximate surface area is 220 Å². The third-order valence-corrected chi connectivity index (χ3v) is 6.44. The first-order valence-electron chi connectivity index (χ1n) is 11.7. The summed E-state index contributed by atoms with van der Waals surface area (Å²) < 4.78 is 17.8. The highest BCUT2D eigenvalue weighted by Gasteiger charge is 2.42. The van der Waals surface area contributed by atoms with Crippen molar-refractivity contribution >= 4 is 17.6 Å². The summed E-state index contributed by atoms with van der Waals surface area (Å²) in [6, 6.07) is 17.7. The van der Waals surface area contributed by atoms with E-state index in [1.54, 1.807) is 65.5 Å². The lowest BCUT2D eigenvalue weighted by Gasteiger charge is -2.35. The van der Waals surface area contributed by atoms with Crippen LogP contribution in [0.2, 0.25) is 0 Å². The van der Waals surface area contributed by atoms with Gasteiger partial charge < -0.3 is 19.9 Å². The topological polar surface area (TPSA) is 133 Å². The quantitative estimate of drug-likeness (QED) is 0.473. The van der Waals surface area contributed by atoms with E-state index in [9.17, 15) is 14.9 Å². The summed E-state index contributed by atoms with van der Waals surface area (Å²) in [6.07, 6.45) is 1.75. The zero-order valence-electron chi connectivity index (χ0n) is 21.5. The average molecular weight is 514 g/mol. The van der Waals surface area contributed by atoms with Crippen molar-refractivity contribution in [1.82, 2.24) is 9.78 Å². The van der Waals surface area contributed by atoms with Crippen LogP contribution in [0.4, 0.5) is 5.69 Å². The number of rotatable bonds is 7. The van der Waals surface area contributed by atoms with E-state index >= 15 is 0 Å². The average Bonchev–Trinajstić information content (AvgIpc) is 3.27. The molecule has 2 aromatic carbocycles. The van der Waals surface area contributed by atoms with Gasteiger partial charge in [-0.05, 0) is 36.8 Å². The van der Waals surface area contributed by atoms with E-state index in [-0.39, 0.29) is 22.7 Å². The van der Waals surface area contributed by atoms with Crippen LogP contribution in [0.1, 0.15) is 22.7 Å². The van der Waals surface area contributed by atoms with E-state index in [0.29, 0.717) is 23.6 Å². The Morgan fingerprint density at radius 2 is 1.71 bits per heavy atom. The molecule has 3 aromatic rings. The Hall–Kier alpha value is -5.04. The molecule has 0 saturated carbocycles. The van der Waals surface area contributed by atoms with Crippen molar-refractivity contribution in [2.45, 2.75) is 19.4 Å². The molecule has 1 aromatic heterocycles. The second kappa shape index (κ2) is 10.9. The first-order chi connectivity index (χ1) is 18.3. The fraction of sp³-hybridized carbons (Fsp3) is 0.214. The van der Waals surface area contributed by atoms with Gasteiger partial charge >= 0.3 is 11.9 Å². The predicted octanol–water partition coefficient (Wildman–Crippen LogP) is 3.21. The number of hydrogen-bond acceptors (Lipinski definition) is 9. The van der Waals surface area contributed by atoms with Gasteiger partial charge in [0, 0.05) is 24.0 Å². The number of allylic oxidation sites excluding steroid dienone is 1. The molecule has 2 heterocycles. The number of aromatic nitrogens is 2. The summed E-state index contributed by atoms with van der Waals surface area (Å²) in [6.45, 7) is 2.28. The van der Waals surface area contributed by atoms with Gasteiger partial charge in [-0.3, -0.25) is 9.58 Å². The minimum Gasteiger partial charge on any atom is -0.489 e. The number of esters is 2. The molecule has 1 aliphatic heterocycles. The highest BCUT2D eigenvalue weighted by atomic mass is 16.5. The Morgan fingerprint density at radius 1 is 1.05 bits per heavy atom. The lowest BCUT2D eigenvalue weighted by atomic mass is 9.81. The minimum absolute atomic E-state index is 0.00550. The standard InChI is InChI=1S/C28H27N5O5/c1-17-19(15-31-32(17)2)16-38-21-12-10-20(11-13-21)33-25(28(35)37-4)24(27(34)36-3)23(22(14-29)26(33)30)18-8-6-5-7-9-18/h5-13,15,23H,16,30H2,1-4H3. The first kappa shape index (κ1) is 26.0.